The number of nitrogens with zero attached hydrogens (tertiary/aromatic N) is 4. The Labute approximate surface area is 139 Å². The Morgan fingerprint density at radius 1 is 1.38 bits per heavy atom. The maximum Gasteiger partial charge on any atom is 0.319 e. The second-order valence-corrected chi connectivity index (χ2v) is 6.12. The molecule has 0 aliphatic carbocycles. The van der Waals surface area contributed by atoms with Gasteiger partial charge in [-0.05, 0) is 0 Å². The maximum atomic E-state index is 12.8. The van der Waals surface area contributed by atoms with Crippen LogP contribution in [0.15, 0.2) is 12.4 Å². The molecule has 1 aromatic rings. The predicted molar refractivity (Wildman–Crippen MR) is 82.6 cm³/mol. The Morgan fingerprint density at radius 2 is 2.17 bits per heavy atom. The summed E-state index contributed by atoms with van der Waals surface area (Å²) in [6, 6.07) is 0.0859. The largest absolute Gasteiger partial charge is 0.378 e. The first-order valence-electron chi connectivity index (χ1n) is 8.24. The predicted octanol–water partition coefficient (Wildman–Crippen LogP) is 0.301. The van der Waals surface area contributed by atoms with Crippen molar-refractivity contribution in [2.45, 2.75) is 25.6 Å². The highest BCUT2D eigenvalue weighted by atomic mass is 19.3. The van der Waals surface area contributed by atoms with Crippen LogP contribution >= 0.6 is 0 Å². The molecule has 2 aliphatic heterocycles. The Hall–Kier alpha value is -1.58. The fraction of sp³-hybridized carbons (Fsp3) is 0.733. The molecule has 0 bridgehead atoms. The van der Waals surface area contributed by atoms with E-state index in [4.69, 9.17) is 4.74 Å². The Kier molecular flexibility index (Phi) is 5.75. The number of nitrogens with one attached hydrogen (secondary N) is 1. The summed E-state index contributed by atoms with van der Waals surface area (Å²) in [5.41, 5.74) is 0. The lowest BCUT2D eigenvalue weighted by atomic mass is 10.1. The summed E-state index contributed by atoms with van der Waals surface area (Å²) in [5, 5.41) is 3.28. The van der Waals surface area contributed by atoms with Gasteiger partial charge in [0.15, 0.2) is 0 Å². The SMILES string of the molecule is O=C(CC1COCCN1)N1CCN(Cc2nccn2C(F)F)CC1. The zero-order valence-corrected chi connectivity index (χ0v) is 13.5. The molecule has 1 unspecified atom stereocenters. The van der Waals surface area contributed by atoms with Crippen LogP contribution in [-0.4, -0.2) is 77.2 Å². The minimum absolute atomic E-state index is 0.0859. The van der Waals surface area contributed by atoms with E-state index in [1.807, 2.05) is 9.80 Å². The Balaban J connectivity index is 1.45. The van der Waals surface area contributed by atoms with Gasteiger partial charge in [0.2, 0.25) is 5.91 Å². The molecule has 24 heavy (non-hydrogen) atoms. The first-order valence-corrected chi connectivity index (χ1v) is 8.24. The van der Waals surface area contributed by atoms with Crippen LogP contribution in [0.3, 0.4) is 0 Å². The third-order valence-corrected chi connectivity index (χ3v) is 4.47. The van der Waals surface area contributed by atoms with E-state index in [0.717, 1.165) is 11.1 Å². The van der Waals surface area contributed by atoms with E-state index in [1.54, 1.807) is 0 Å². The summed E-state index contributed by atoms with van der Waals surface area (Å²) >= 11 is 0. The molecule has 7 nitrogen and oxygen atoms in total. The average molecular weight is 343 g/mol. The van der Waals surface area contributed by atoms with Crippen LogP contribution < -0.4 is 5.32 Å². The number of ether oxygens (including phenoxy) is 1. The lowest BCUT2D eigenvalue weighted by molar-refractivity contribution is -0.134. The van der Waals surface area contributed by atoms with Crippen LogP contribution in [-0.2, 0) is 16.1 Å². The zero-order chi connectivity index (χ0) is 16.9. The van der Waals surface area contributed by atoms with Gasteiger partial charge in [0.25, 0.3) is 0 Å². The molecular formula is C15H23F2N5O2. The molecule has 0 aromatic carbocycles. The number of piperazine rings is 1. The molecular weight excluding hydrogens is 320 g/mol. The minimum atomic E-state index is -2.57. The van der Waals surface area contributed by atoms with E-state index < -0.39 is 6.55 Å². The van der Waals surface area contributed by atoms with Crippen molar-refractivity contribution in [3.8, 4) is 0 Å². The number of carbonyl (C=O) groups is 1. The third kappa shape index (κ3) is 4.28. The second kappa shape index (κ2) is 8.00. The van der Waals surface area contributed by atoms with Crippen LogP contribution in [0, 0.1) is 0 Å². The van der Waals surface area contributed by atoms with Crippen molar-refractivity contribution in [3.63, 3.8) is 0 Å². The van der Waals surface area contributed by atoms with Crippen LogP contribution in [0.1, 0.15) is 18.8 Å². The quantitative estimate of drug-likeness (QED) is 0.833. The van der Waals surface area contributed by atoms with Crippen molar-refractivity contribution < 1.29 is 18.3 Å². The van der Waals surface area contributed by atoms with Crippen LogP contribution in [0.2, 0.25) is 0 Å². The number of amides is 1. The highest BCUT2D eigenvalue weighted by Crippen LogP contribution is 2.15. The highest BCUT2D eigenvalue weighted by Gasteiger charge is 2.25. The molecule has 3 heterocycles. The fourth-order valence-corrected chi connectivity index (χ4v) is 3.09. The van der Waals surface area contributed by atoms with Gasteiger partial charge < -0.3 is 15.0 Å². The zero-order valence-electron chi connectivity index (χ0n) is 13.5. The Bertz CT molecular complexity index is 540. The van der Waals surface area contributed by atoms with Gasteiger partial charge in [-0.15, -0.1) is 0 Å². The standard InChI is InChI=1S/C15H23F2N5O2/c16-15(17)22-3-1-19-13(22)10-20-4-6-21(7-5-20)14(23)9-12-11-24-8-2-18-12/h1,3,12,15,18H,2,4-11H2. The smallest absolute Gasteiger partial charge is 0.319 e. The van der Waals surface area contributed by atoms with E-state index in [-0.39, 0.29) is 11.9 Å². The number of hydrogen-bond acceptors (Lipinski definition) is 5. The molecule has 0 spiro atoms. The number of morpholine rings is 1. The van der Waals surface area contributed by atoms with Crippen molar-refractivity contribution in [1.82, 2.24) is 24.7 Å². The van der Waals surface area contributed by atoms with E-state index in [9.17, 15) is 13.6 Å². The van der Waals surface area contributed by atoms with Gasteiger partial charge in [-0.1, -0.05) is 0 Å². The van der Waals surface area contributed by atoms with Gasteiger partial charge >= 0.3 is 6.55 Å². The van der Waals surface area contributed by atoms with E-state index in [1.165, 1.54) is 12.4 Å². The van der Waals surface area contributed by atoms with Crippen molar-refractivity contribution >= 4 is 5.91 Å². The molecule has 2 saturated heterocycles. The molecule has 1 aromatic heterocycles. The van der Waals surface area contributed by atoms with Gasteiger partial charge in [-0.3, -0.25) is 14.3 Å². The normalized spacial score (nSPS) is 23.0. The second-order valence-electron chi connectivity index (χ2n) is 6.12. The molecule has 134 valence electrons. The van der Waals surface area contributed by atoms with Gasteiger partial charge in [0.1, 0.15) is 5.82 Å². The van der Waals surface area contributed by atoms with Crippen molar-refractivity contribution in [1.29, 1.82) is 0 Å². The number of alkyl halides is 2. The monoisotopic (exact) mass is 343 g/mol. The van der Waals surface area contributed by atoms with Gasteiger partial charge in [0, 0.05) is 57.6 Å². The first-order chi connectivity index (χ1) is 11.6. The molecule has 1 amide bonds. The molecule has 3 rings (SSSR count). The number of aromatic nitrogens is 2. The number of rotatable bonds is 5. The number of halogens is 2. The molecule has 0 radical (unpaired) electrons. The molecule has 2 aliphatic rings. The minimum Gasteiger partial charge on any atom is -0.378 e. The molecule has 2 fully saturated rings. The van der Waals surface area contributed by atoms with Crippen molar-refractivity contribution in [2.75, 3.05) is 45.9 Å². The molecule has 1 atom stereocenters. The van der Waals surface area contributed by atoms with E-state index in [2.05, 4.69) is 10.3 Å². The topological polar surface area (TPSA) is 62.6 Å². The van der Waals surface area contributed by atoms with E-state index in [0.29, 0.717) is 58.2 Å². The number of carbonyl (C=O) groups excluding carboxylic acids is 1. The molecule has 0 saturated carbocycles. The summed E-state index contributed by atoms with van der Waals surface area (Å²) < 4.78 is 31.9. The van der Waals surface area contributed by atoms with Gasteiger partial charge in [0.05, 0.1) is 19.8 Å². The fourth-order valence-electron chi connectivity index (χ4n) is 3.09. The summed E-state index contributed by atoms with van der Waals surface area (Å²) in [6.07, 6.45) is 3.12. The van der Waals surface area contributed by atoms with Crippen molar-refractivity contribution in [3.05, 3.63) is 18.2 Å². The van der Waals surface area contributed by atoms with Crippen LogP contribution in [0.25, 0.3) is 0 Å². The number of imidazole rings is 1. The lowest BCUT2D eigenvalue weighted by Crippen LogP contribution is -2.51. The maximum absolute atomic E-state index is 12.8. The Morgan fingerprint density at radius 3 is 2.83 bits per heavy atom. The van der Waals surface area contributed by atoms with Crippen LogP contribution in [0.5, 0.6) is 0 Å². The summed E-state index contributed by atoms with van der Waals surface area (Å²) in [6.45, 7) is 2.39. The van der Waals surface area contributed by atoms with Gasteiger partial charge in [-0.2, -0.15) is 8.78 Å². The average Bonchev–Trinajstić information content (AvgIpc) is 3.05. The van der Waals surface area contributed by atoms with E-state index >= 15 is 0 Å². The third-order valence-electron chi connectivity index (χ3n) is 4.47. The van der Waals surface area contributed by atoms with Crippen molar-refractivity contribution in [2.24, 2.45) is 0 Å². The summed E-state index contributed by atoms with van der Waals surface area (Å²) in [5.74, 6) is 0.472. The van der Waals surface area contributed by atoms with Crippen LogP contribution in [0.4, 0.5) is 8.78 Å². The number of hydrogen-bond donors (Lipinski definition) is 1. The van der Waals surface area contributed by atoms with Gasteiger partial charge in [-0.25, -0.2) is 4.98 Å². The summed E-state index contributed by atoms with van der Waals surface area (Å²) in [4.78, 5) is 20.2. The highest BCUT2D eigenvalue weighted by molar-refractivity contribution is 5.77. The molecule has 1 N–H and O–H groups in total. The first kappa shape index (κ1) is 17.2. The lowest BCUT2D eigenvalue weighted by Gasteiger charge is -2.35. The molecule has 9 heteroatoms. The summed E-state index contributed by atoms with van der Waals surface area (Å²) in [7, 11) is 0.